The second-order valence-electron chi connectivity index (χ2n) is 3.47. The number of nitrogens with zero attached hydrogens (tertiary/aromatic N) is 4. The van der Waals surface area contributed by atoms with Gasteiger partial charge in [-0.15, -0.1) is 0 Å². The van der Waals surface area contributed by atoms with E-state index in [1.165, 1.54) is 6.20 Å². The molecule has 0 radical (unpaired) electrons. The highest BCUT2D eigenvalue weighted by atomic mass is 16.5. The zero-order chi connectivity index (χ0) is 12.8. The second-order valence-corrected chi connectivity index (χ2v) is 3.47. The molecule has 0 spiro atoms. The summed E-state index contributed by atoms with van der Waals surface area (Å²) in [6.07, 6.45) is 5.04. The number of azide groups is 1. The first-order valence-electron chi connectivity index (χ1n) is 5.23. The van der Waals surface area contributed by atoms with Gasteiger partial charge in [0.15, 0.2) is 5.76 Å². The molecule has 0 fully saturated rings. The molecule has 0 saturated carbocycles. The van der Waals surface area contributed by atoms with Gasteiger partial charge in [0.2, 0.25) is 0 Å². The molecule has 18 heavy (non-hydrogen) atoms. The zero-order valence-electron chi connectivity index (χ0n) is 9.39. The van der Waals surface area contributed by atoms with Crippen LogP contribution in [0.3, 0.4) is 0 Å². The van der Waals surface area contributed by atoms with Crippen LogP contribution in [0.25, 0.3) is 27.8 Å². The van der Waals surface area contributed by atoms with Crippen molar-refractivity contribution in [3.05, 3.63) is 52.5 Å². The highest BCUT2D eigenvalue weighted by Crippen LogP contribution is 2.29. The normalized spacial score (nSPS) is 10.4. The molecule has 2 aromatic rings. The highest BCUT2D eigenvalue weighted by Gasteiger charge is 2.07. The SMILES string of the molecule is [N-]=[N+]=NCC=Cc1ccc(O)c(-c2ccno2)c1. The fourth-order valence-electron chi connectivity index (χ4n) is 1.48. The van der Waals surface area contributed by atoms with E-state index >= 15 is 0 Å². The summed E-state index contributed by atoms with van der Waals surface area (Å²) in [4.78, 5) is 2.65. The number of hydrogen-bond acceptors (Lipinski definition) is 4. The molecule has 90 valence electrons. The van der Waals surface area contributed by atoms with Gasteiger partial charge >= 0.3 is 0 Å². The van der Waals surface area contributed by atoms with Crippen molar-refractivity contribution in [3.63, 3.8) is 0 Å². The minimum atomic E-state index is 0.124. The lowest BCUT2D eigenvalue weighted by molar-refractivity contribution is 0.426. The average Bonchev–Trinajstić information content (AvgIpc) is 2.90. The molecule has 2 rings (SSSR count). The van der Waals surface area contributed by atoms with E-state index in [-0.39, 0.29) is 12.3 Å². The second kappa shape index (κ2) is 5.56. The minimum absolute atomic E-state index is 0.124. The fourth-order valence-corrected chi connectivity index (χ4v) is 1.48. The summed E-state index contributed by atoms with van der Waals surface area (Å²) in [7, 11) is 0. The van der Waals surface area contributed by atoms with Crippen LogP contribution in [0.2, 0.25) is 0 Å². The molecule has 0 saturated heterocycles. The van der Waals surface area contributed by atoms with Crippen molar-refractivity contribution in [1.29, 1.82) is 0 Å². The Bertz CT molecular complexity index is 599. The molecule has 0 aliphatic carbocycles. The number of aromatic nitrogens is 1. The summed E-state index contributed by atoms with van der Waals surface area (Å²) in [5.41, 5.74) is 9.58. The van der Waals surface area contributed by atoms with Gasteiger partial charge < -0.3 is 9.63 Å². The first kappa shape index (κ1) is 11.8. The van der Waals surface area contributed by atoms with Crippen LogP contribution in [-0.4, -0.2) is 16.8 Å². The maximum absolute atomic E-state index is 9.74. The first-order chi connectivity index (χ1) is 8.81. The van der Waals surface area contributed by atoms with Crippen LogP contribution in [0.5, 0.6) is 5.75 Å². The van der Waals surface area contributed by atoms with Crippen molar-refractivity contribution in [2.45, 2.75) is 0 Å². The van der Waals surface area contributed by atoms with Crippen molar-refractivity contribution in [2.75, 3.05) is 6.54 Å². The summed E-state index contributed by atoms with van der Waals surface area (Å²) in [5, 5.41) is 16.7. The van der Waals surface area contributed by atoms with E-state index in [1.54, 1.807) is 36.4 Å². The number of phenols is 1. The van der Waals surface area contributed by atoms with Crippen LogP contribution in [0.15, 0.2) is 46.2 Å². The third-order valence-electron chi connectivity index (χ3n) is 2.28. The van der Waals surface area contributed by atoms with E-state index in [2.05, 4.69) is 15.2 Å². The molecule has 0 unspecified atom stereocenters. The zero-order valence-corrected chi connectivity index (χ0v) is 9.39. The van der Waals surface area contributed by atoms with Gasteiger partial charge in [-0.2, -0.15) is 0 Å². The lowest BCUT2D eigenvalue weighted by Crippen LogP contribution is -1.79. The van der Waals surface area contributed by atoms with Crippen LogP contribution in [0.1, 0.15) is 5.56 Å². The molecule has 0 aliphatic heterocycles. The average molecular weight is 242 g/mol. The van der Waals surface area contributed by atoms with E-state index in [0.29, 0.717) is 11.3 Å². The van der Waals surface area contributed by atoms with Crippen molar-refractivity contribution < 1.29 is 9.63 Å². The summed E-state index contributed by atoms with van der Waals surface area (Å²) in [6, 6.07) is 6.76. The van der Waals surface area contributed by atoms with Gasteiger partial charge in [0.05, 0.1) is 11.8 Å². The van der Waals surface area contributed by atoms with Gasteiger partial charge in [-0.25, -0.2) is 0 Å². The molecule has 6 heteroatoms. The number of benzene rings is 1. The molecule has 1 aromatic heterocycles. The Kier molecular flexibility index (Phi) is 3.63. The van der Waals surface area contributed by atoms with Crippen molar-refractivity contribution in [1.82, 2.24) is 5.16 Å². The van der Waals surface area contributed by atoms with Gasteiger partial charge in [-0.1, -0.05) is 28.5 Å². The standard InChI is InChI=1S/C12H10N4O2/c13-16-14-6-1-2-9-3-4-11(17)10(8-9)12-5-7-15-18-12/h1-5,7-8,17H,6H2. The molecular formula is C12H10N4O2. The Hall–Kier alpha value is -2.72. The summed E-state index contributed by atoms with van der Waals surface area (Å²) in [6.45, 7) is 0.287. The van der Waals surface area contributed by atoms with E-state index in [9.17, 15) is 5.11 Å². The largest absolute Gasteiger partial charge is 0.507 e. The van der Waals surface area contributed by atoms with Crippen molar-refractivity contribution in [3.8, 4) is 17.1 Å². The topological polar surface area (TPSA) is 95.0 Å². The Labute approximate surface area is 103 Å². The number of phenolic OH excluding ortho intramolecular Hbond substituents is 1. The smallest absolute Gasteiger partial charge is 0.170 e. The molecule has 1 heterocycles. The molecule has 6 nitrogen and oxygen atoms in total. The molecular weight excluding hydrogens is 232 g/mol. The molecule has 0 amide bonds. The monoisotopic (exact) mass is 242 g/mol. The number of hydrogen-bond donors (Lipinski definition) is 1. The van der Waals surface area contributed by atoms with Crippen molar-refractivity contribution >= 4 is 6.08 Å². The van der Waals surface area contributed by atoms with Gasteiger partial charge in [0.25, 0.3) is 0 Å². The third kappa shape index (κ3) is 2.69. The van der Waals surface area contributed by atoms with Gasteiger partial charge in [0.1, 0.15) is 5.75 Å². The Morgan fingerprint density at radius 2 is 2.33 bits per heavy atom. The van der Waals surface area contributed by atoms with Crippen LogP contribution in [-0.2, 0) is 0 Å². The molecule has 1 aromatic carbocycles. The van der Waals surface area contributed by atoms with Gasteiger partial charge in [0, 0.05) is 17.5 Å². The van der Waals surface area contributed by atoms with Gasteiger partial charge in [-0.3, -0.25) is 0 Å². The van der Waals surface area contributed by atoms with E-state index in [0.717, 1.165) is 5.56 Å². The minimum Gasteiger partial charge on any atom is -0.507 e. The highest BCUT2D eigenvalue weighted by molar-refractivity contribution is 5.69. The number of aromatic hydroxyl groups is 1. The van der Waals surface area contributed by atoms with E-state index in [4.69, 9.17) is 10.1 Å². The quantitative estimate of drug-likeness (QED) is 0.505. The Morgan fingerprint density at radius 3 is 3.06 bits per heavy atom. The van der Waals surface area contributed by atoms with E-state index in [1.807, 2.05) is 0 Å². The maximum atomic E-state index is 9.74. The molecule has 0 bridgehead atoms. The summed E-state index contributed by atoms with van der Waals surface area (Å²) < 4.78 is 5.00. The van der Waals surface area contributed by atoms with Crippen molar-refractivity contribution in [2.24, 2.45) is 5.11 Å². The third-order valence-corrected chi connectivity index (χ3v) is 2.28. The lowest BCUT2D eigenvalue weighted by Gasteiger charge is -2.01. The fraction of sp³-hybridized carbons (Fsp3) is 0.0833. The Morgan fingerprint density at radius 1 is 1.44 bits per heavy atom. The van der Waals surface area contributed by atoms with Crippen LogP contribution >= 0.6 is 0 Å². The first-order valence-corrected chi connectivity index (χ1v) is 5.23. The molecule has 1 N–H and O–H groups in total. The lowest BCUT2D eigenvalue weighted by atomic mass is 10.1. The van der Waals surface area contributed by atoms with Crippen LogP contribution in [0.4, 0.5) is 0 Å². The van der Waals surface area contributed by atoms with Gasteiger partial charge in [-0.05, 0) is 23.2 Å². The maximum Gasteiger partial charge on any atom is 0.170 e. The molecule has 0 aliphatic rings. The molecule has 0 atom stereocenters. The summed E-state index contributed by atoms with van der Waals surface area (Å²) in [5.74, 6) is 0.622. The van der Waals surface area contributed by atoms with Crippen LogP contribution < -0.4 is 0 Å². The van der Waals surface area contributed by atoms with E-state index < -0.39 is 0 Å². The predicted octanol–water partition coefficient (Wildman–Crippen LogP) is 3.37. The Balaban J connectivity index is 2.27. The van der Waals surface area contributed by atoms with Crippen LogP contribution in [0, 0.1) is 0 Å². The number of rotatable bonds is 4. The predicted molar refractivity (Wildman–Crippen MR) is 66.7 cm³/mol. The summed E-state index contributed by atoms with van der Waals surface area (Å²) >= 11 is 0.